The molecule has 1 unspecified atom stereocenters. The number of nitrogens with zero attached hydrogens (tertiary/aromatic N) is 2. The third kappa shape index (κ3) is 2.65. The summed E-state index contributed by atoms with van der Waals surface area (Å²) < 4.78 is 5.07. The maximum absolute atomic E-state index is 5.70. The molecule has 2 aromatic heterocycles. The first-order chi connectivity index (χ1) is 8.20. The standard InChI is InChI=1S/C11H14N4OS/c1-7(11-13-5-6-17-11)14-9-4-3-8(12)10(15-9)16-2/h3-7H,12H2,1-2H3,(H,14,15). The lowest BCUT2D eigenvalue weighted by atomic mass is 10.3. The molecule has 0 amide bonds. The van der Waals surface area contributed by atoms with Crippen LogP contribution in [0.5, 0.6) is 5.88 Å². The van der Waals surface area contributed by atoms with Crippen molar-refractivity contribution in [2.75, 3.05) is 18.2 Å². The normalized spacial score (nSPS) is 12.1. The smallest absolute Gasteiger partial charge is 0.238 e. The molecule has 0 aliphatic rings. The van der Waals surface area contributed by atoms with Gasteiger partial charge in [-0.2, -0.15) is 4.98 Å². The Morgan fingerprint density at radius 1 is 1.47 bits per heavy atom. The van der Waals surface area contributed by atoms with E-state index in [1.807, 2.05) is 18.4 Å². The molecule has 2 aromatic rings. The summed E-state index contributed by atoms with van der Waals surface area (Å²) in [6.07, 6.45) is 1.79. The molecule has 0 saturated heterocycles. The molecule has 0 bridgehead atoms. The summed E-state index contributed by atoms with van der Waals surface area (Å²) in [5, 5.41) is 6.21. The molecule has 3 N–H and O–H groups in total. The van der Waals surface area contributed by atoms with Crippen LogP contribution in [0, 0.1) is 0 Å². The minimum Gasteiger partial charge on any atom is -0.479 e. The fourth-order valence-electron chi connectivity index (χ4n) is 1.43. The van der Waals surface area contributed by atoms with E-state index < -0.39 is 0 Å². The second-order valence-electron chi connectivity index (χ2n) is 3.53. The van der Waals surface area contributed by atoms with Crippen molar-refractivity contribution in [1.29, 1.82) is 0 Å². The van der Waals surface area contributed by atoms with E-state index in [0.29, 0.717) is 11.6 Å². The van der Waals surface area contributed by atoms with E-state index in [2.05, 4.69) is 15.3 Å². The summed E-state index contributed by atoms with van der Waals surface area (Å²) in [6.45, 7) is 2.03. The second-order valence-corrected chi connectivity index (χ2v) is 4.46. The number of aromatic nitrogens is 2. The van der Waals surface area contributed by atoms with Gasteiger partial charge in [0.05, 0.1) is 18.8 Å². The third-order valence-corrected chi connectivity index (χ3v) is 3.23. The molecule has 17 heavy (non-hydrogen) atoms. The molecule has 0 aliphatic carbocycles. The Hall–Kier alpha value is -1.82. The van der Waals surface area contributed by atoms with Gasteiger partial charge in [-0.25, -0.2) is 4.98 Å². The van der Waals surface area contributed by atoms with E-state index in [1.54, 1.807) is 30.7 Å². The van der Waals surface area contributed by atoms with Crippen LogP contribution in [0.4, 0.5) is 11.5 Å². The van der Waals surface area contributed by atoms with E-state index in [1.165, 1.54) is 0 Å². The van der Waals surface area contributed by atoms with E-state index in [0.717, 1.165) is 10.8 Å². The molecule has 0 aromatic carbocycles. The lowest BCUT2D eigenvalue weighted by Crippen LogP contribution is -2.08. The Bertz CT molecular complexity index is 486. The van der Waals surface area contributed by atoms with Crippen LogP contribution in [0.2, 0.25) is 0 Å². The van der Waals surface area contributed by atoms with Crippen molar-refractivity contribution in [3.05, 3.63) is 28.7 Å². The molecule has 90 valence electrons. The number of rotatable bonds is 4. The van der Waals surface area contributed by atoms with E-state index in [4.69, 9.17) is 10.5 Å². The first-order valence-electron chi connectivity index (χ1n) is 5.17. The van der Waals surface area contributed by atoms with Gasteiger partial charge in [0.2, 0.25) is 5.88 Å². The molecule has 0 aliphatic heterocycles. The van der Waals surface area contributed by atoms with Gasteiger partial charge >= 0.3 is 0 Å². The zero-order chi connectivity index (χ0) is 12.3. The lowest BCUT2D eigenvalue weighted by molar-refractivity contribution is 0.400. The number of hydrogen-bond donors (Lipinski definition) is 2. The lowest BCUT2D eigenvalue weighted by Gasteiger charge is -2.13. The van der Waals surface area contributed by atoms with Crippen molar-refractivity contribution >= 4 is 22.8 Å². The number of thiazole rings is 1. The van der Waals surface area contributed by atoms with Crippen molar-refractivity contribution < 1.29 is 4.74 Å². The minimum absolute atomic E-state index is 0.107. The number of anilines is 2. The fraction of sp³-hybridized carbons (Fsp3) is 0.273. The number of nitrogens with one attached hydrogen (secondary N) is 1. The topological polar surface area (TPSA) is 73.1 Å². The summed E-state index contributed by atoms with van der Waals surface area (Å²) in [6, 6.07) is 3.70. The molecular formula is C11H14N4OS. The molecule has 0 radical (unpaired) electrons. The highest BCUT2D eigenvalue weighted by atomic mass is 32.1. The molecule has 0 saturated carbocycles. The van der Waals surface area contributed by atoms with Crippen LogP contribution in [0.1, 0.15) is 18.0 Å². The first-order valence-corrected chi connectivity index (χ1v) is 6.05. The van der Waals surface area contributed by atoms with Gasteiger partial charge in [0.25, 0.3) is 0 Å². The van der Waals surface area contributed by atoms with Crippen LogP contribution in [-0.2, 0) is 0 Å². The predicted octanol–water partition coefficient (Wildman–Crippen LogP) is 2.30. The van der Waals surface area contributed by atoms with Crippen LogP contribution in [0.3, 0.4) is 0 Å². The van der Waals surface area contributed by atoms with E-state index in [9.17, 15) is 0 Å². The highest BCUT2D eigenvalue weighted by Gasteiger charge is 2.09. The average molecular weight is 250 g/mol. The summed E-state index contributed by atoms with van der Waals surface area (Å²) in [4.78, 5) is 8.50. The SMILES string of the molecule is COc1nc(NC(C)c2nccs2)ccc1N. The van der Waals surface area contributed by atoms with E-state index >= 15 is 0 Å². The second kappa shape index (κ2) is 5.01. The molecule has 2 heterocycles. The van der Waals surface area contributed by atoms with Gasteiger partial charge in [-0.1, -0.05) is 0 Å². The van der Waals surface area contributed by atoms with Gasteiger partial charge < -0.3 is 15.8 Å². The molecule has 5 nitrogen and oxygen atoms in total. The highest BCUT2D eigenvalue weighted by molar-refractivity contribution is 7.09. The van der Waals surface area contributed by atoms with Crippen LogP contribution in [0.15, 0.2) is 23.7 Å². The maximum Gasteiger partial charge on any atom is 0.238 e. The number of nitrogens with two attached hydrogens (primary N) is 1. The van der Waals surface area contributed by atoms with Crippen LogP contribution < -0.4 is 15.8 Å². The third-order valence-electron chi connectivity index (χ3n) is 2.27. The largest absolute Gasteiger partial charge is 0.479 e. The molecule has 2 rings (SSSR count). The molecule has 0 fully saturated rings. The van der Waals surface area contributed by atoms with Crippen molar-refractivity contribution in [1.82, 2.24) is 9.97 Å². The number of ether oxygens (including phenoxy) is 1. The number of nitrogen functional groups attached to an aromatic ring is 1. The fourth-order valence-corrected chi connectivity index (χ4v) is 2.07. The monoisotopic (exact) mass is 250 g/mol. The molecular weight excluding hydrogens is 236 g/mol. The van der Waals surface area contributed by atoms with Gasteiger partial charge in [0.15, 0.2) is 0 Å². The van der Waals surface area contributed by atoms with Crippen molar-refractivity contribution in [2.45, 2.75) is 13.0 Å². The van der Waals surface area contributed by atoms with Crippen LogP contribution in [0.25, 0.3) is 0 Å². The Morgan fingerprint density at radius 2 is 2.29 bits per heavy atom. The van der Waals surface area contributed by atoms with Gasteiger partial charge in [0.1, 0.15) is 10.8 Å². The Morgan fingerprint density at radius 3 is 2.94 bits per heavy atom. The van der Waals surface area contributed by atoms with E-state index in [-0.39, 0.29) is 6.04 Å². The van der Waals surface area contributed by atoms with Crippen LogP contribution in [-0.4, -0.2) is 17.1 Å². The molecule has 1 atom stereocenters. The Kier molecular flexibility index (Phi) is 3.43. The summed E-state index contributed by atoms with van der Waals surface area (Å²) in [5.41, 5.74) is 6.23. The first kappa shape index (κ1) is 11.7. The van der Waals surface area contributed by atoms with Gasteiger partial charge in [-0.15, -0.1) is 11.3 Å². The van der Waals surface area contributed by atoms with Gasteiger partial charge in [-0.3, -0.25) is 0 Å². The maximum atomic E-state index is 5.70. The Balaban J connectivity index is 2.13. The molecule has 6 heteroatoms. The highest BCUT2D eigenvalue weighted by Crippen LogP contribution is 2.24. The van der Waals surface area contributed by atoms with Crippen LogP contribution >= 0.6 is 11.3 Å². The number of hydrogen-bond acceptors (Lipinski definition) is 6. The quantitative estimate of drug-likeness (QED) is 0.871. The molecule has 0 spiro atoms. The summed E-state index contributed by atoms with van der Waals surface area (Å²) in [5.74, 6) is 1.15. The van der Waals surface area contributed by atoms with Crippen molar-refractivity contribution in [3.8, 4) is 5.88 Å². The number of pyridine rings is 1. The van der Waals surface area contributed by atoms with Gasteiger partial charge in [-0.05, 0) is 19.1 Å². The van der Waals surface area contributed by atoms with Crippen molar-refractivity contribution in [3.63, 3.8) is 0 Å². The predicted molar refractivity (Wildman–Crippen MR) is 69.4 cm³/mol. The minimum atomic E-state index is 0.107. The Labute approximate surface area is 104 Å². The zero-order valence-electron chi connectivity index (χ0n) is 9.68. The zero-order valence-corrected chi connectivity index (χ0v) is 10.5. The van der Waals surface area contributed by atoms with Crippen molar-refractivity contribution in [2.24, 2.45) is 0 Å². The summed E-state index contributed by atoms with van der Waals surface area (Å²) in [7, 11) is 1.55. The number of methoxy groups -OCH3 is 1. The summed E-state index contributed by atoms with van der Waals surface area (Å²) >= 11 is 1.61. The average Bonchev–Trinajstić information content (AvgIpc) is 2.85. The van der Waals surface area contributed by atoms with Gasteiger partial charge in [0, 0.05) is 11.6 Å².